The van der Waals surface area contributed by atoms with E-state index in [2.05, 4.69) is 0 Å². The Morgan fingerprint density at radius 3 is 2.36 bits per heavy atom. The molecule has 0 amide bonds. The fraction of sp³-hybridized carbons (Fsp3) is 0.100. The second-order valence-corrected chi connectivity index (χ2v) is 5.28. The van der Waals surface area contributed by atoms with Crippen LogP contribution in [0, 0.1) is 5.82 Å². The molecule has 0 aliphatic heterocycles. The predicted octanol–water partition coefficient (Wildman–Crippen LogP) is 4.29. The zero-order valence-corrected chi connectivity index (χ0v) is 13.5. The van der Waals surface area contributed by atoms with E-state index in [1.165, 1.54) is 24.3 Å². The minimum absolute atomic E-state index is 0.145. The molecule has 0 N–H and O–H groups in total. The lowest BCUT2D eigenvalue weighted by Crippen LogP contribution is -2.18. The summed E-state index contributed by atoms with van der Waals surface area (Å²) in [6.45, 7) is 1.81. The summed E-state index contributed by atoms with van der Waals surface area (Å²) in [5, 5.41) is 0. The zero-order valence-electron chi connectivity index (χ0n) is 13.5. The molecule has 3 aromatic rings. The molecule has 1 aromatic heterocycles. The third-order valence-corrected chi connectivity index (χ3v) is 3.64. The van der Waals surface area contributed by atoms with Crippen LogP contribution in [0.3, 0.4) is 0 Å². The van der Waals surface area contributed by atoms with Crippen LogP contribution >= 0.6 is 0 Å². The predicted molar refractivity (Wildman–Crippen MR) is 91.8 cm³/mol. The van der Waals surface area contributed by atoms with E-state index in [1.807, 2.05) is 6.07 Å². The summed E-state index contributed by atoms with van der Waals surface area (Å²) >= 11 is 0. The number of carbonyl (C=O) groups excluding carboxylic acids is 1. The third kappa shape index (κ3) is 3.50. The maximum Gasteiger partial charge on any atom is 0.351 e. The van der Waals surface area contributed by atoms with E-state index in [-0.39, 0.29) is 17.9 Å². The second kappa shape index (κ2) is 7.13. The van der Waals surface area contributed by atoms with Gasteiger partial charge in [-0.25, -0.2) is 14.0 Å². The Labute approximate surface area is 143 Å². The second-order valence-electron chi connectivity index (χ2n) is 5.28. The van der Waals surface area contributed by atoms with Gasteiger partial charge in [-0.3, -0.25) is 0 Å². The van der Waals surface area contributed by atoms with Crippen molar-refractivity contribution in [3.8, 4) is 22.5 Å². The summed E-state index contributed by atoms with van der Waals surface area (Å²) in [6.07, 6.45) is 0. The van der Waals surface area contributed by atoms with Crippen LogP contribution in [-0.2, 0) is 4.74 Å². The van der Waals surface area contributed by atoms with Crippen molar-refractivity contribution in [1.82, 2.24) is 0 Å². The van der Waals surface area contributed by atoms with Crippen LogP contribution in [0.2, 0.25) is 0 Å². The summed E-state index contributed by atoms with van der Waals surface area (Å²) in [7, 11) is 0. The van der Waals surface area contributed by atoms with Gasteiger partial charge in [-0.05, 0) is 42.8 Å². The van der Waals surface area contributed by atoms with Gasteiger partial charge in [-0.1, -0.05) is 30.3 Å². The minimum atomic E-state index is -0.792. The van der Waals surface area contributed by atoms with E-state index >= 15 is 0 Å². The highest BCUT2D eigenvalue weighted by Gasteiger charge is 2.22. The molecule has 0 aliphatic rings. The van der Waals surface area contributed by atoms with Gasteiger partial charge >= 0.3 is 11.6 Å². The number of esters is 1. The molecular formula is C20H15FO4. The van der Waals surface area contributed by atoms with Crippen LogP contribution < -0.4 is 5.63 Å². The van der Waals surface area contributed by atoms with E-state index in [0.717, 1.165) is 0 Å². The Morgan fingerprint density at radius 1 is 1.04 bits per heavy atom. The summed E-state index contributed by atoms with van der Waals surface area (Å²) in [6, 6.07) is 16.2. The highest BCUT2D eigenvalue weighted by molar-refractivity contribution is 5.97. The van der Waals surface area contributed by atoms with Crippen molar-refractivity contribution in [3.63, 3.8) is 0 Å². The highest BCUT2D eigenvalue weighted by atomic mass is 19.1. The lowest BCUT2D eigenvalue weighted by Gasteiger charge is -2.10. The summed E-state index contributed by atoms with van der Waals surface area (Å²) in [4.78, 5) is 24.7. The summed E-state index contributed by atoms with van der Waals surface area (Å²) in [5.41, 5.74) is 0.681. The first-order chi connectivity index (χ1) is 12.1. The fourth-order valence-corrected chi connectivity index (χ4v) is 2.49. The molecule has 3 rings (SSSR count). The van der Waals surface area contributed by atoms with Crippen LogP contribution in [0.5, 0.6) is 0 Å². The molecule has 126 valence electrons. The molecule has 0 spiro atoms. The van der Waals surface area contributed by atoms with Crippen molar-refractivity contribution in [2.75, 3.05) is 6.61 Å². The fourth-order valence-electron chi connectivity index (χ4n) is 2.49. The van der Waals surface area contributed by atoms with Crippen molar-refractivity contribution >= 4 is 5.97 Å². The molecule has 0 unspecified atom stereocenters. The number of hydrogen-bond donors (Lipinski definition) is 0. The Hall–Kier alpha value is -3.21. The Kier molecular flexibility index (Phi) is 4.75. The average Bonchev–Trinajstić information content (AvgIpc) is 2.62. The van der Waals surface area contributed by atoms with Crippen molar-refractivity contribution in [3.05, 3.63) is 82.5 Å². The monoisotopic (exact) mass is 338 g/mol. The number of halogens is 1. The number of hydrogen-bond acceptors (Lipinski definition) is 4. The minimum Gasteiger partial charge on any atom is -0.462 e. The molecule has 0 saturated heterocycles. The van der Waals surface area contributed by atoms with E-state index in [4.69, 9.17) is 9.15 Å². The van der Waals surface area contributed by atoms with Crippen LogP contribution in [0.25, 0.3) is 22.5 Å². The molecular weight excluding hydrogens is 323 g/mol. The van der Waals surface area contributed by atoms with Gasteiger partial charge < -0.3 is 9.15 Å². The highest BCUT2D eigenvalue weighted by Crippen LogP contribution is 2.28. The van der Waals surface area contributed by atoms with Gasteiger partial charge in [0.1, 0.15) is 11.6 Å². The van der Waals surface area contributed by atoms with Gasteiger partial charge in [-0.2, -0.15) is 0 Å². The molecule has 0 aliphatic carbocycles. The van der Waals surface area contributed by atoms with Gasteiger partial charge in [0.15, 0.2) is 5.56 Å². The van der Waals surface area contributed by atoms with Gasteiger partial charge in [0.25, 0.3) is 0 Å². The van der Waals surface area contributed by atoms with Gasteiger partial charge in [0.2, 0.25) is 0 Å². The van der Waals surface area contributed by atoms with Crippen LogP contribution in [0.4, 0.5) is 4.39 Å². The largest absolute Gasteiger partial charge is 0.462 e. The molecule has 0 saturated carbocycles. The summed E-state index contributed by atoms with van der Waals surface area (Å²) < 4.78 is 23.4. The number of benzene rings is 2. The molecule has 0 atom stereocenters. The molecule has 5 heteroatoms. The maximum atomic E-state index is 13.1. The number of rotatable bonds is 4. The molecule has 2 aromatic carbocycles. The van der Waals surface area contributed by atoms with Crippen LogP contribution in [0.15, 0.2) is 69.9 Å². The van der Waals surface area contributed by atoms with E-state index in [1.54, 1.807) is 37.3 Å². The van der Waals surface area contributed by atoms with Crippen molar-refractivity contribution in [1.29, 1.82) is 0 Å². The Balaban J connectivity index is 2.22. The average molecular weight is 338 g/mol. The molecule has 1 heterocycles. The number of ether oxygens (including phenoxy) is 1. The van der Waals surface area contributed by atoms with E-state index in [0.29, 0.717) is 16.7 Å². The van der Waals surface area contributed by atoms with Gasteiger partial charge in [-0.15, -0.1) is 0 Å². The normalized spacial score (nSPS) is 10.5. The van der Waals surface area contributed by atoms with Crippen LogP contribution in [-0.4, -0.2) is 12.6 Å². The quantitative estimate of drug-likeness (QED) is 0.666. The Bertz CT molecular complexity index is 944. The van der Waals surface area contributed by atoms with E-state index in [9.17, 15) is 14.0 Å². The lowest BCUT2D eigenvalue weighted by molar-refractivity contribution is 0.0522. The van der Waals surface area contributed by atoms with E-state index < -0.39 is 17.4 Å². The standard InChI is InChI=1S/C20H15FO4/c1-2-24-19(22)18-16(13-6-4-3-5-7-13)12-17(25-20(18)23)14-8-10-15(21)11-9-14/h3-12H,2H2,1H3. The zero-order chi connectivity index (χ0) is 17.8. The summed E-state index contributed by atoms with van der Waals surface area (Å²) in [5.74, 6) is -0.879. The van der Waals surface area contributed by atoms with Crippen LogP contribution in [0.1, 0.15) is 17.3 Å². The smallest absolute Gasteiger partial charge is 0.351 e. The molecule has 25 heavy (non-hydrogen) atoms. The SMILES string of the molecule is CCOC(=O)c1c(-c2ccccc2)cc(-c2ccc(F)cc2)oc1=O. The molecule has 0 radical (unpaired) electrons. The molecule has 4 nitrogen and oxygen atoms in total. The first-order valence-corrected chi connectivity index (χ1v) is 7.76. The first kappa shape index (κ1) is 16.6. The third-order valence-electron chi connectivity index (χ3n) is 3.64. The molecule has 0 bridgehead atoms. The van der Waals surface area contributed by atoms with Crippen molar-refractivity contribution in [2.24, 2.45) is 0 Å². The van der Waals surface area contributed by atoms with Gasteiger partial charge in [0.05, 0.1) is 6.61 Å². The topological polar surface area (TPSA) is 56.5 Å². The van der Waals surface area contributed by atoms with Crippen molar-refractivity contribution < 1.29 is 18.3 Å². The maximum absolute atomic E-state index is 13.1. The van der Waals surface area contributed by atoms with Gasteiger partial charge in [0, 0.05) is 11.1 Å². The first-order valence-electron chi connectivity index (χ1n) is 7.76. The Morgan fingerprint density at radius 2 is 1.72 bits per heavy atom. The molecule has 0 fully saturated rings. The number of carbonyl (C=O) groups is 1. The lowest BCUT2D eigenvalue weighted by atomic mass is 9.99. The van der Waals surface area contributed by atoms with Crippen molar-refractivity contribution in [2.45, 2.75) is 6.92 Å².